The van der Waals surface area contributed by atoms with E-state index >= 15 is 0 Å². The molecule has 3 heterocycles. The molecule has 1 aliphatic heterocycles. The molecule has 0 unspecified atom stereocenters. The van der Waals surface area contributed by atoms with E-state index in [1.165, 1.54) is 0 Å². The van der Waals surface area contributed by atoms with E-state index in [-0.39, 0.29) is 6.09 Å². The summed E-state index contributed by atoms with van der Waals surface area (Å²) in [5, 5.41) is 0. The van der Waals surface area contributed by atoms with Crippen molar-refractivity contribution in [2.45, 2.75) is 39.6 Å². The first-order valence-corrected chi connectivity index (χ1v) is 13.9. The van der Waals surface area contributed by atoms with Crippen LogP contribution in [0.2, 0.25) is 0 Å². The Bertz CT molecular complexity index is 1430. The largest absolute Gasteiger partial charge is 0.473 e. The van der Waals surface area contributed by atoms with Crippen LogP contribution in [-0.2, 0) is 18.0 Å². The van der Waals surface area contributed by atoms with Crippen LogP contribution in [0, 0.1) is 0 Å². The molecule has 1 fully saturated rings. The van der Waals surface area contributed by atoms with E-state index in [2.05, 4.69) is 9.88 Å². The molecule has 1 saturated heterocycles. The quantitative estimate of drug-likeness (QED) is 0.252. The molecule has 0 atom stereocenters. The first-order chi connectivity index (χ1) is 19.8. The Hall–Kier alpha value is -4.59. The Balaban J connectivity index is 1.33. The van der Waals surface area contributed by atoms with Crippen LogP contribution in [0.3, 0.4) is 0 Å². The SMILES string of the molecule is CC(C)(C)OC(=O)N1CCN(c2ccnc(-c3ccc(OCc4ccccc4)nc3OCc3ccccc3)c2)CC1. The number of anilines is 1. The number of nitrogens with zero attached hydrogens (tertiary/aromatic N) is 4. The number of carbonyl (C=O) groups excluding carboxylic acids is 1. The molecule has 0 spiro atoms. The highest BCUT2D eigenvalue weighted by molar-refractivity contribution is 5.70. The van der Waals surface area contributed by atoms with Crippen molar-refractivity contribution in [2.75, 3.05) is 31.1 Å². The molecule has 2 aromatic heterocycles. The number of hydrogen-bond donors (Lipinski definition) is 0. The van der Waals surface area contributed by atoms with Crippen molar-refractivity contribution in [3.05, 3.63) is 102 Å². The van der Waals surface area contributed by atoms with Gasteiger partial charge in [-0.25, -0.2) is 4.79 Å². The lowest BCUT2D eigenvalue weighted by Crippen LogP contribution is -2.50. The van der Waals surface area contributed by atoms with E-state index in [0.717, 1.165) is 28.1 Å². The van der Waals surface area contributed by atoms with Gasteiger partial charge in [0.2, 0.25) is 11.8 Å². The van der Waals surface area contributed by atoms with Crippen LogP contribution in [0.5, 0.6) is 11.8 Å². The molecule has 0 N–H and O–H groups in total. The van der Waals surface area contributed by atoms with Gasteiger partial charge in [0.05, 0.1) is 11.3 Å². The fourth-order valence-electron chi connectivity index (χ4n) is 4.50. The zero-order valence-electron chi connectivity index (χ0n) is 23.8. The number of hydrogen-bond acceptors (Lipinski definition) is 7. The monoisotopic (exact) mass is 552 g/mol. The summed E-state index contributed by atoms with van der Waals surface area (Å²) in [5.74, 6) is 0.939. The fraction of sp³-hybridized carbons (Fsp3) is 0.303. The van der Waals surface area contributed by atoms with Crippen LogP contribution < -0.4 is 14.4 Å². The minimum Gasteiger partial charge on any atom is -0.473 e. The number of benzene rings is 2. The summed E-state index contributed by atoms with van der Waals surface area (Å²) in [5.41, 5.74) is 4.15. The Morgan fingerprint density at radius 1 is 0.805 bits per heavy atom. The standard InChI is InChI=1S/C33H36N4O4/c1-33(2,3)41-32(38)37-20-18-36(19-21-37)27-16-17-34-29(22-27)28-14-15-30(39-23-25-10-6-4-7-11-25)35-31(28)40-24-26-12-8-5-9-13-26/h4-17,22H,18-21,23-24H2,1-3H3. The number of amides is 1. The van der Waals surface area contributed by atoms with Crippen molar-refractivity contribution in [2.24, 2.45) is 0 Å². The number of pyridine rings is 2. The molecule has 8 nitrogen and oxygen atoms in total. The highest BCUT2D eigenvalue weighted by Crippen LogP contribution is 2.32. The molecule has 1 amide bonds. The van der Waals surface area contributed by atoms with Gasteiger partial charge >= 0.3 is 6.09 Å². The van der Waals surface area contributed by atoms with Crippen LogP contribution in [0.15, 0.2) is 91.1 Å². The van der Waals surface area contributed by atoms with Gasteiger partial charge in [0.1, 0.15) is 18.8 Å². The van der Waals surface area contributed by atoms with E-state index in [9.17, 15) is 4.79 Å². The highest BCUT2D eigenvalue weighted by Gasteiger charge is 2.26. The molecule has 41 heavy (non-hydrogen) atoms. The van der Waals surface area contributed by atoms with E-state index in [1.807, 2.05) is 106 Å². The third-order valence-electron chi connectivity index (χ3n) is 6.60. The van der Waals surface area contributed by atoms with Gasteiger partial charge in [-0.1, -0.05) is 60.7 Å². The Morgan fingerprint density at radius 2 is 1.44 bits per heavy atom. The van der Waals surface area contributed by atoms with Crippen LogP contribution in [-0.4, -0.2) is 52.7 Å². The van der Waals surface area contributed by atoms with E-state index < -0.39 is 5.60 Å². The Kier molecular flexibility index (Phi) is 8.67. The molecule has 0 bridgehead atoms. The number of carbonyl (C=O) groups is 1. The molecule has 8 heteroatoms. The van der Waals surface area contributed by atoms with Gasteiger partial charge in [-0.2, -0.15) is 4.98 Å². The summed E-state index contributed by atoms with van der Waals surface area (Å²) in [4.78, 5) is 25.9. The first-order valence-electron chi connectivity index (χ1n) is 13.9. The molecule has 212 valence electrons. The minimum absolute atomic E-state index is 0.270. The molecule has 4 aromatic rings. The molecule has 2 aromatic carbocycles. The lowest BCUT2D eigenvalue weighted by Gasteiger charge is -2.36. The molecule has 0 saturated carbocycles. The van der Waals surface area contributed by atoms with Crippen LogP contribution in [0.25, 0.3) is 11.3 Å². The molecule has 1 aliphatic rings. The predicted octanol–water partition coefficient (Wildman–Crippen LogP) is 6.36. The van der Waals surface area contributed by atoms with Gasteiger partial charge in [-0.15, -0.1) is 0 Å². The summed E-state index contributed by atoms with van der Waals surface area (Å²) in [6.07, 6.45) is 1.53. The van der Waals surface area contributed by atoms with Crippen molar-refractivity contribution >= 4 is 11.8 Å². The zero-order chi connectivity index (χ0) is 28.7. The van der Waals surface area contributed by atoms with Gasteiger partial charge in [0, 0.05) is 44.1 Å². The zero-order valence-corrected chi connectivity index (χ0v) is 23.8. The topological polar surface area (TPSA) is 77.0 Å². The number of rotatable bonds is 8. The normalized spacial score (nSPS) is 13.5. The van der Waals surface area contributed by atoms with Crippen LogP contribution in [0.4, 0.5) is 10.5 Å². The summed E-state index contributed by atoms with van der Waals surface area (Å²) >= 11 is 0. The fourth-order valence-corrected chi connectivity index (χ4v) is 4.50. The van der Waals surface area contributed by atoms with Crippen molar-refractivity contribution < 1.29 is 19.0 Å². The summed E-state index contributed by atoms with van der Waals surface area (Å²) < 4.78 is 17.8. The third-order valence-corrected chi connectivity index (χ3v) is 6.60. The van der Waals surface area contributed by atoms with Gasteiger partial charge in [-0.3, -0.25) is 4.98 Å². The van der Waals surface area contributed by atoms with Gasteiger partial charge in [0.25, 0.3) is 0 Å². The Morgan fingerprint density at radius 3 is 2.07 bits per heavy atom. The van der Waals surface area contributed by atoms with Crippen molar-refractivity contribution in [3.8, 4) is 23.0 Å². The molecule has 0 aliphatic carbocycles. The number of ether oxygens (including phenoxy) is 3. The average molecular weight is 553 g/mol. The molecule has 5 rings (SSSR count). The predicted molar refractivity (Wildman–Crippen MR) is 159 cm³/mol. The highest BCUT2D eigenvalue weighted by atomic mass is 16.6. The van der Waals surface area contributed by atoms with Crippen molar-refractivity contribution in [3.63, 3.8) is 0 Å². The number of piperazine rings is 1. The second kappa shape index (κ2) is 12.7. The van der Waals surface area contributed by atoms with Crippen LogP contribution >= 0.6 is 0 Å². The van der Waals surface area contributed by atoms with Gasteiger partial charge in [-0.05, 0) is 50.1 Å². The second-order valence-electron chi connectivity index (χ2n) is 10.9. The van der Waals surface area contributed by atoms with Crippen molar-refractivity contribution in [1.29, 1.82) is 0 Å². The Labute approximate surface area is 241 Å². The van der Waals surface area contributed by atoms with E-state index in [1.54, 1.807) is 11.1 Å². The van der Waals surface area contributed by atoms with Crippen LogP contribution in [0.1, 0.15) is 31.9 Å². The molecular weight excluding hydrogens is 516 g/mol. The minimum atomic E-state index is -0.509. The average Bonchev–Trinajstić information content (AvgIpc) is 2.99. The smallest absolute Gasteiger partial charge is 0.410 e. The summed E-state index contributed by atoms with van der Waals surface area (Å²) in [7, 11) is 0. The first kappa shape index (κ1) is 28.0. The maximum Gasteiger partial charge on any atom is 0.410 e. The summed E-state index contributed by atoms with van der Waals surface area (Å²) in [6, 6.07) is 27.8. The maximum absolute atomic E-state index is 12.5. The van der Waals surface area contributed by atoms with E-state index in [4.69, 9.17) is 19.2 Å². The maximum atomic E-state index is 12.5. The second-order valence-corrected chi connectivity index (χ2v) is 10.9. The van der Waals surface area contributed by atoms with E-state index in [0.29, 0.717) is 51.2 Å². The summed E-state index contributed by atoms with van der Waals surface area (Å²) in [6.45, 7) is 9.01. The van der Waals surface area contributed by atoms with Gasteiger partial charge < -0.3 is 24.0 Å². The molecular formula is C33H36N4O4. The van der Waals surface area contributed by atoms with Crippen molar-refractivity contribution in [1.82, 2.24) is 14.9 Å². The molecule has 0 radical (unpaired) electrons. The number of aromatic nitrogens is 2. The lowest BCUT2D eigenvalue weighted by molar-refractivity contribution is 0.0240. The van der Waals surface area contributed by atoms with Gasteiger partial charge in [0.15, 0.2) is 0 Å². The third kappa shape index (κ3) is 7.75. The lowest BCUT2D eigenvalue weighted by atomic mass is 10.1.